The monoisotopic (exact) mass is 258 g/mol. The largest absolute Gasteiger partial charge is 0.465 e. The molecule has 0 unspecified atom stereocenters. The van der Waals surface area contributed by atoms with Gasteiger partial charge in [0.1, 0.15) is 5.76 Å². The molecule has 0 saturated carbocycles. The number of hydrogen-bond acceptors (Lipinski definition) is 6. The van der Waals surface area contributed by atoms with Crippen LogP contribution in [-0.4, -0.2) is 46.6 Å². The van der Waals surface area contributed by atoms with Crippen LogP contribution in [0.5, 0.6) is 5.88 Å². The van der Waals surface area contributed by atoms with E-state index in [4.69, 9.17) is 9.26 Å². The third-order valence-corrected chi connectivity index (χ3v) is 2.64. The Labute approximate surface area is 105 Å². The molecule has 1 rings (SSSR count). The van der Waals surface area contributed by atoms with Crippen molar-refractivity contribution >= 4 is 5.91 Å². The summed E-state index contributed by atoms with van der Waals surface area (Å²) in [5.74, 6) is 0.359. The number of carbonyl (C=O) groups is 1. The third-order valence-electron chi connectivity index (χ3n) is 2.64. The minimum absolute atomic E-state index is 0.220. The molecule has 0 aromatic carbocycles. The molecule has 7 nitrogen and oxygen atoms in total. The first-order valence-corrected chi connectivity index (χ1v) is 5.64. The number of amides is 1. The number of aliphatic hydroxyl groups is 2. The van der Waals surface area contributed by atoms with E-state index in [1.165, 1.54) is 0 Å². The van der Waals surface area contributed by atoms with Crippen LogP contribution >= 0.6 is 0 Å². The molecule has 1 amide bonds. The quantitative estimate of drug-likeness (QED) is 0.615. The van der Waals surface area contributed by atoms with Crippen molar-refractivity contribution in [2.24, 2.45) is 0 Å². The molecule has 0 aliphatic heterocycles. The molecular weight excluding hydrogens is 240 g/mol. The molecule has 0 bridgehead atoms. The standard InChI is InChI=1S/C11H18N2O5/c1-3-11(6-14,7-15)12-9(16)5-17-10-4-8(2)18-13-10/h4,14-15H,3,5-7H2,1-2H3,(H,12,16). The Kier molecular flexibility index (Phi) is 5.11. The maximum absolute atomic E-state index is 11.6. The van der Waals surface area contributed by atoms with Crippen LogP contribution in [-0.2, 0) is 4.79 Å². The summed E-state index contributed by atoms with van der Waals surface area (Å²) in [7, 11) is 0. The van der Waals surface area contributed by atoms with Gasteiger partial charge in [0.2, 0.25) is 0 Å². The second-order valence-corrected chi connectivity index (χ2v) is 4.06. The van der Waals surface area contributed by atoms with Gasteiger partial charge in [-0.1, -0.05) is 6.92 Å². The van der Waals surface area contributed by atoms with Crippen molar-refractivity contribution in [1.82, 2.24) is 10.5 Å². The summed E-state index contributed by atoms with van der Waals surface area (Å²) in [4.78, 5) is 11.6. The predicted molar refractivity (Wildman–Crippen MR) is 62.1 cm³/mol. The second kappa shape index (κ2) is 6.36. The second-order valence-electron chi connectivity index (χ2n) is 4.06. The molecule has 3 N–H and O–H groups in total. The lowest BCUT2D eigenvalue weighted by Crippen LogP contribution is -2.55. The molecule has 7 heteroatoms. The molecule has 0 radical (unpaired) electrons. The van der Waals surface area contributed by atoms with Crippen molar-refractivity contribution in [2.75, 3.05) is 19.8 Å². The van der Waals surface area contributed by atoms with E-state index in [0.717, 1.165) is 0 Å². The van der Waals surface area contributed by atoms with E-state index in [1.807, 2.05) is 0 Å². The van der Waals surface area contributed by atoms with E-state index in [-0.39, 0.29) is 25.7 Å². The first kappa shape index (κ1) is 14.5. The van der Waals surface area contributed by atoms with Crippen LogP contribution in [0.4, 0.5) is 0 Å². The summed E-state index contributed by atoms with van der Waals surface area (Å²) in [5, 5.41) is 24.4. The number of aliphatic hydroxyl groups excluding tert-OH is 2. The first-order chi connectivity index (χ1) is 8.55. The van der Waals surface area contributed by atoms with Gasteiger partial charge < -0.3 is 24.8 Å². The molecule has 1 heterocycles. The Bertz CT molecular complexity index is 378. The van der Waals surface area contributed by atoms with E-state index in [1.54, 1.807) is 19.9 Å². The third kappa shape index (κ3) is 3.71. The van der Waals surface area contributed by atoms with Crippen LogP contribution < -0.4 is 10.1 Å². The average molecular weight is 258 g/mol. The first-order valence-electron chi connectivity index (χ1n) is 5.64. The molecule has 102 valence electrons. The van der Waals surface area contributed by atoms with Crippen LogP contribution in [0.3, 0.4) is 0 Å². The fraction of sp³-hybridized carbons (Fsp3) is 0.636. The summed E-state index contributed by atoms with van der Waals surface area (Å²) < 4.78 is 9.86. The lowest BCUT2D eigenvalue weighted by Gasteiger charge is -2.29. The van der Waals surface area contributed by atoms with Crippen LogP contribution in [0.1, 0.15) is 19.1 Å². The Balaban J connectivity index is 2.46. The topological polar surface area (TPSA) is 105 Å². The lowest BCUT2D eigenvalue weighted by atomic mass is 9.98. The summed E-state index contributed by atoms with van der Waals surface area (Å²) in [5.41, 5.74) is -1.01. The number of hydrogen-bond donors (Lipinski definition) is 3. The molecule has 0 spiro atoms. The smallest absolute Gasteiger partial charge is 0.258 e. The molecular formula is C11H18N2O5. The molecule has 0 aliphatic rings. The predicted octanol–water partition coefficient (Wildman–Crippen LogP) is -0.389. The normalized spacial score (nSPS) is 11.3. The molecule has 0 aliphatic carbocycles. The zero-order valence-electron chi connectivity index (χ0n) is 10.5. The van der Waals surface area contributed by atoms with Crippen molar-refractivity contribution < 1.29 is 24.3 Å². The van der Waals surface area contributed by atoms with Crippen molar-refractivity contribution in [1.29, 1.82) is 0 Å². The number of carbonyl (C=O) groups excluding carboxylic acids is 1. The van der Waals surface area contributed by atoms with E-state index < -0.39 is 11.4 Å². The molecule has 1 aromatic rings. The van der Waals surface area contributed by atoms with Crippen LogP contribution in [0.15, 0.2) is 10.6 Å². The minimum atomic E-state index is -1.01. The highest BCUT2D eigenvalue weighted by atomic mass is 16.5. The molecule has 0 saturated heterocycles. The van der Waals surface area contributed by atoms with Gasteiger partial charge in [0.25, 0.3) is 11.8 Å². The highest BCUT2D eigenvalue weighted by molar-refractivity contribution is 5.78. The van der Waals surface area contributed by atoms with Crippen molar-refractivity contribution in [3.05, 3.63) is 11.8 Å². The van der Waals surface area contributed by atoms with Crippen molar-refractivity contribution in [2.45, 2.75) is 25.8 Å². The van der Waals surface area contributed by atoms with Crippen LogP contribution in [0.2, 0.25) is 0 Å². The molecule has 0 fully saturated rings. The fourth-order valence-corrected chi connectivity index (χ4v) is 1.32. The van der Waals surface area contributed by atoms with Crippen LogP contribution in [0, 0.1) is 6.92 Å². The van der Waals surface area contributed by atoms with Gasteiger partial charge >= 0.3 is 0 Å². The Morgan fingerprint density at radius 3 is 2.67 bits per heavy atom. The minimum Gasteiger partial charge on any atom is -0.465 e. The van der Waals surface area contributed by atoms with Gasteiger partial charge in [0.15, 0.2) is 6.61 Å². The van der Waals surface area contributed by atoms with Gasteiger partial charge in [-0.15, -0.1) is 0 Å². The molecule has 1 aromatic heterocycles. The van der Waals surface area contributed by atoms with Gasteiger partial charge in [0.05, 0.1) is 18.8 Å². The fourth-order valence-electron chi connectivity index (χ4n) is 1.32. The van der Waals surface area contributed by atoms with E-state index in [9.17, 15) is 15.0 Å². The summed E-state index contributed by atoms with van der Waals surface area (Å²) in [6, 6.07) is 1.55. The Morgan fingerprint density at radius 1 is 1.56 bits per heavy atom. The van der Waals surface area contributed by atoms with Gasteiger partial charge in [-0.05, 0) is 18.5 Å². The van der Waals surface area contributed by atoms with E-state index in [2.05, 4.69) is 10.5 Å². The van der Waals surface area contributed by atoms with Crippen LogP contribution in [0.25, 0.3) is 0 Å². The average Bonchev–Trinajstić information content (AvgIpc) is 2.80. The SMILES string of the molecule is CCC(CO)(CO)NC(=O)COc1cc(C)on1. The van der Waals surface area contributed by atoms with E-state index in [0.29, 0.717) is 12.2 Å². The highest BCUT2D eigenvalue weighted by Gasteiger charge is 2.28. The number of nitrogens with one attached hydrogen (secondary N) is 1. The summed E-state index contributed by atoms with van der Waals surface area (Å²) in [6.07, 6.45) is 0.412. The number of aryl methyl sites for hydroxylation is 1. The van der Waals surface area contributed by atoms with E-state index >= 15 is 0 Å². The summed E-state index contributed by atoms with van der Waals surface area (Å²) >= 11 is 0. The van der Waals surface area contributed by atoms with Gasteiger partial charge in [-0.25, -0.2) is 0 Å². The zero-order chi connectivity index (χ0) is 13.6. The van der Waals surface area contributed by atoms with Gasteiger partial charge in [-0.2, -0.15) is 0 Å². The van der Waals surface area contributed by atoms with Crippen molar-refractivity contribution in [3.8, 4) is 5.88 Å². The number of aromatic nitrogens is 1. The van der Waals surface area contributed by atoms with Gasteiger partial charge in [0, 0.05) is 6.07 Å². The molecule has 18 heavy (non-hydrogen) atoms. The highest BCUT2D eigenvalue weighted by Crippen LogP contribution is 2.10. The summed E-state index contributed by atoms with van der Waals surface area (Å²) in [6.45, 7) is 2.53. The Hall–Kier alpha value is -1.60. The number of nitrogens with zero attached hydrogens (tertiary/aromatic N) is 1. The number of ether oxygens (including phenoxy) is 1. The zero-order valence-corrected chi connectivity index (χ0v) is 10.5. The van der Waals surface area contributed by atoms with Crippen molar-refractivity contribution in [3.63, 3.8) is 0 Å². The van der Waals surface area contributed by atoms with Gasteiger partial charge in [-0.3, -0.25) is 4.79 Å². The maximum atomic E-state index is 11.6. The lowest BCUT2D eigenvalue weighted by molar-refractivity contribution is -0.126. The Morgan fingerprint density at radius 2 is 2.22 bits per heavy atom. The molecule has 0 atom stereocenters. The maximum Gasteiger partial charge on any atom is 0.258 e. The number of rotatable bonds is 7.